The highest BCUT2D eigenvalue weighted by molar-refractivity contribution is 5.92. The van der Waals surface area contributed by atoms with Crippen LogP contribution < -0.4 is 10.3 Å². The number of hydrogen-bond acceptors (Lipinski definition) is 2. The molecule has 6 heteroatoms. The number of carbonyl (C=O) groups excluding carboxylic acids is 1. The van der Waals surface area contributed by atoms with Crippen LogP contribution in [0.1, 0.15) is 5.69 Å². The molecule has 0 fully saturated rings. The van der Waals surface area contributed by atoms with Gasteiger partial charge in [-0.1, -0.05) is 18.2 Å². The van der Waals surface area contributed by atoms with Crippen molar-refractivity contribution in [2.24, 2.45) is 4.99 Å². The van der Waals surface area contributed by atoms with E-state index in [1.165, 1.54) is 11.1 Å². The highest BCUT2D eigenvalue weighted by Crippen LogP contribution is 2.11. The van der Waals surface area contributed by atoms with Gasteiger partial charge < -0.3 is 5.21 Å². The summed E-state index contributed by atoms with van der Waals surface area (Å²) in [4.78, 5) is 17.5. The first kappa shape index (κ1) is 15.8. The van der Waals surface area contributed by atoms with Crippen molar-refractivity contribution in [2.75, 3.05) is 11.9 Å². The number of amides is 2. The molecule has 2 rings (SSSR count). The Hall–Kier alpha value is -2.27. The van der Waals surface area contributed by atoms with E-state index in [2.05, 4.69) is 4.99 Å². The van der Waals surface area contributed by atoms with Gasteiger partial charge in [0.05, 0.1) is 11.1 Å². The summed E-state index contributed by atoms with van der Waals surface area (Å²) in [5, 5.41) is 9.85. The summed E-state index contributed by atoms with van der Waals surface area (Å²) in [6, 6.07) is 12.1. The molecule has 5 nitrogen and oxygen atoms in total. The fourth-order valence-corrected chi connectivity index (χ4v) is 1.61. The molecular formula is C14H16ClN3O2. The van der Waals surface area contributed by atoms with Gasteiger partial charge in [0.1, 0.15) is 0 Å². The molecule has 0 spiro atoms. The minimum Gasteiger partial charge on any atom is -0.429 e. The molecule has 0 saturated carbocycles. The predicted octanol–water partition coefficient (Wildman–Crippen LogP) is 2.61. The smallest absolute Gasteiger partial charge is 0.348 e. The summed E-state index contributed by atoms with van der Waals surface area (Å²) >= 11 is 0. The van der Waals surface area contributed by atoms with Gasteiger partial charge in [-0.05, 0) is 31.2 Å². The quantitative estimate of drug-likeness (QED) is 0.822. The molecule has 1 N–H and O–H groups in total. The van der Waals surface area contributed by atoms with E-state index in [0.717, 1.165) is 10.4 Å². The molecule has 0 unspecified atom stereocenters. The van der Waals surface area contributed by atoms with Gasteiger partial charge in [0, 0.05) is 18.9 Å². The van der Waals surface area contributed by atoms with E-state index < -0.39 is 0 Å². The van der Waals surface area contributed by atoms with Crippen LogP contribution in [0.2, 0.25) is 0 Å². The van der Waals surface area contributed by atoms with Crippen molar-refractivity contribution in [1.82, 2.24) is 4.73 Å². The molecule has 0 atom stereocenters. The van der Waals surface area contributed by atoms with Gasteiger partial charge in [0.15, 0.2) is 0 Å². The summed E-state index contributed by atoms with van der Waals surface area (Å²) in [6.45, 7) is 1.73. The molecule has 0 radical (unpaired) electrons. The zero-order valence-electron chi connectivity index (χ0n) is 11.2. The van der Waals surface area contributed by atoms with Crippen molar-refractivity contribution in [3.05, 3.63) is 59.7 Å². The Labute approximate surface area is 123 Å². The summed E-state index contributed by atoms with van der Waals surface area (Å²) in [7, 11) is 1.67. The molecule has 1 heterocycles. The van der Waals surface area contributed by atoms with Gasteiger partial charge in [0.25, 0.3) is 0 Å². The molecule has 0 saturated heterocycles. The number of anilines is 1. The summed E-state index contributed by atoms with van der Waals surface area (Å²) in [6.07, 6.45) is 1.45. The normalized spacial score (nSPS) is 10.8. The summed E-state index contributed by atoms with van der Waals surface area (Å²) in [5.41, 5.74) is 1.39. The highest BCUT2D eigenvalue weighted by Gasteiger charge is 2.08. The lowest BCUT2D eigenvalue weighted by atomic mass is 10.3. The second kappa shape index (κ2) is 6.77. The van der Waals surface area contributed by atoms with Crippen molar-refractivity contribution in [3.8, 4) is 0 Å². The number of urea groups is 1. The van der Waals surface area contributed by atoms with Crippen molar-refractivity contribution in [1.29, 1.82) is 0 Å². The molecule has 1 aromatic heterocycles. The lowest BCUT2D eigenvalue weighted by Gasteiger charge is -2.13. The van der Waals surface area contributed by atoms with E-state index in [4.69, 9.17) is 0 Å². The molecule has 1 aromatic carbocycles. The average Bonchev–Trinajstić information content (AvgIpc) is 2.43. The van der Waals surface area contributed by atoms with Gasteiger partial charge in [-0.25, -0.2) is 4.79 Å². The van der Waals surface area contributed by atoms with Crippen LogP contribution in [0, 0.1) is 6.92 Å². The van der Waals surface area contributed by atoms with Crippen LogP contribution in [-0.4, -0.2) is 23.0 Å². The fourth-order valence-electron chi connectivity index (χ4n) is 1.61. The maximum Gasteiger partial charge on any atom is 0.348 e. The van der Waals surface area contributed by atoms with Gasteiger partial charge in [-0.15, -0.1) is 12.4 Å². The summed E-state index contributed by atoms with van der Waals surface area (Å²) in [5.74, 6) is 0. The molecule has 0 bridgehead atoms. The van der Waals surface area contributed by atoms with Crippen LogP contribution >= 0.6 is 12.4 Å². The lowest BCUT2D eigenvalue weighted by Crippen LogP contribution is -2.25. The number of halogens is 1. The average molecular weight is 294 g/mol. The molecule has 2 amide bonds. The van der Waals surface area contributed by atoms with E-state index in [-0.39, 0.29) is 18.4 Å². The number of aromatic nitrogens is 1. The Morgan fingerprint density at radius 2 is 1.90 bits per heavy atom. The Balaban J connectivity index is 0.00000200. The number of aryl methyl sites for hydroxylation is 1. The molecule has 0 aliphatic heterocycles. The largest absolute Gasteiger partial charge is 0.429 e. The Morgan fingerprint density at radius 3 is 2.50 bits per heavy atom. The van der Waals surface area contributed by atoms with Gasteiger partial charge in [-0.2, -0.15) is 9.72 Å². The number of pyridine rings is 1. The Kier molecular flexibility index (Phi) is 5.34. The number of hydrogen-bond donors (Lipinski definition) is 1. The van der Waals surface area contributed by atoms with Crippen LogP contribution in [0.4, 0.5) is 10.5 Å². The first-order valence-corrected chi connectivity index (χ1v) is 5.84. The Morgan fingerprint density at radius 1 is 1.25 bits per heavy atom. The molecule has 20 heavy (non-hydrogen) atoms. The predicted molar refractivity (Wildman–Crippen MR) is 79.4 cm³/mol. The van der Waals surface area contributed by atoms with Crippen molar-refractivity contribution in [2.45, 2.75) is 6.92 Å². The van der Waals surface area contributed by atoms with Crippen LogP contribution in [0.3, 0.4) is 0 Å². The van der Waals surface area contributed by atoms with Crippen molar-refractivity contribution in [3.63, 3.8) is 0 Å². The number of rotatable bonds is 1. The Bertz CT molecular complexity index is 653. The van der Waals surface area contributed by atoms with Gasteiger partial charge >= 0.3 is 6.03 Å². The molecule has 0 aliphatic carbocycles. The van der Waals surface area contributed by atoms with Crippen LogP contribution in [0.25, 0.3) is 0 Å². The van der Waals surface area contributed by atoms with Crippen LogP contribution in [-0.2, 0) is 0 Å². The van der Waals surface area contributed by atoms with E-state index in [1.54, 1.807) is 26.1 Å². The van der Waals surface area contributed by atoms with E-state index in [0.29, 0.717) is 11.1 Å². The third kappa shape index (κ3) is 3.61. The molecule has 2 aromatic rings. The fraction of sp³-hybridized carbons (Fsp3) is 0.143. The SMILES string of the molecule is Cc1c/c(=N/C(=O)N(C)c2ccccc2)ccn1O.Cl. The second-order valence-corrected chi connectivity index (χ2v) is 4.16. The standard InChI is InChI=1S/C14H15N3O2.ClH/c1-11-10-12(8-9-17(11)19)15-14(18)16(2)13-6-4-3-5-7-13;/h3-10,19H,1-2H3;1H/b15-12+;. The van der Waals surface area contributed by atoms with Crippen LogP contribution in [0.5, 0.6) is 0 Å². The minimum atomic E-state index is -0.360. The number of benzene rings is 1. The van der Waals surface area contributed by atoms with Crippen molar-refractivity contribution >= 4 is 24.1 Å². The van der Waals surface area contributed by atoms with Gasteiger partial charge in [0.2, 0.25) is 0 Å². The van der Waals surface area contributed by atoms with Crippen LogP contribution in [0.15, 0.2) is 53.7 Å². The van der Waals surface area contributed by atoms with Crippen molar-refractivity contribution < 1.29 is 10.0 Å². The second-order valence-electron chi connectivity index (χ2n) is 4.16. The monoisotopic (exact) mass is 293 g/mol. The first-order chi connectivity index (χ1) is 9.08. The minimum absolute atomic E-state index is 0. The van der Waals surface area contributed by atoms with E-state index in [1.807, 2.05) is 30.3 Å². The van der Waals surface area contributed by atoms with Gasteiger partial charge in [-0.3, -0.25) is 4.90 Å². The molecular weight excluding hydrogens is 278 g/mol. The van der Waals surface area contributed by atoms with E-state index in [9.17, 15) is 10.0 Å². The number of para-hydroxylation sites is 1. The zero-order valence-corrected chi connectivity index (χ0v) is 12.0. The maximum absolute atomic E-state index is 12.0. The highest BCUT2D eigenvalue weighted by atomic mass is 35.5. The van der Waals surface area contributed by atoms with E-state index >= 15 is 0 Å². The third-order valence-electron chi connectivity index (χ3n) is 2.76. The topological polar surface area (TPSA) is 57.8 Å². The third-order valence-corrected chi connectivity index (χ3v) is 2.76. The number of nitrogens with zero attached hydrogens (tertiary/aromatic N) is 3. The zero-order chi connectivity index (χ0) is 13.8. The first-order valence-electron chi connectivity index (χ1n) is 5.84. The molecule has 0 aliphatic rings. The summed E-state index contributed by atoms with van der Waals surface area (Å²) < 4.78 is 0.977. The lowest BCUT2D eigenvalue weighted by molar-refractivity contribution is 0.177. The number of carbonyl (C=O) groups is 1. The maximum atomic E-state index is 12.0. The molecule has 106 valence electrons.